The summed E-state index contributed by atoms with van der Waals surface area (Å²) in [5, 5.41) is 0. The van der Waals surface area contributed by atoms with Gasteiger partial charge >= 0.3 is 12.6 Å². The van der Waals surface area contributed by atoms with E-state index < -0.39 is 12.6 Å². The molecular formula is C20H20F2O6. The molecule has 8 heteroatoms. The van der Waals surface area contributed by atoms with E-state index in [1.165, 1.54) is 38.5 Å². The fourth-order valence-electron chi connectivity index (χ4n) is 2.31. The highest BCUT2D eigenvalue weighted by Crippen LogP contribution is 2.30. The molecule has 150 valence electrons. The quantitative estimate of drug-likeness (QED) is 0.472. The van der Waals surface area contributed by atoms with Crippen molar-refractivity contribution in [2.75, 3.05) is 21.3 Å². The molecule has 2 aromatic carbocycles. The molecule has 0 aromatic heterocycles. The SMILES string of the molecule is COc1ccc(/C=C/C(=O)OCc2ccc(OC(F)F)c(OC)c2)c(OC)c1. The molecule has 6 nitrogen and oxygen atoms in total. The lowest BCUT2D eigenvalue weighted by atomic mass is 10.1. The first kappa shape index (κ1) is 21.0. The monoisotopic (exact) mass is 394 g/mol. The molecular weight excluding hydrogens is 374 g/mol. The van der Waals surface area contributed by atoms with Crippen molar-refractivity contribution in [2.24, 2.45) is 0 Å². The molecule has 0 saturated carbocycles. The second-order valence-electron chi connectivity index (χ2n) is 5.41. The Hall–Kier alpha value is -3.29. The van der Waals surface area contributed by atoms with Crippen molar-refractivity contribution >= 4 is 12.0 Å². The third kappa shape index (κ3) is 5.87. The smallest absolute Gasteiger partial charge is 0.387 e. The van der Waals surface area contributed by atoms with Crippen LogP contribution in [0.4, 0.5) is 8.78 Å². The van der Waals surface area contributed by atoms with Gasteiger partial charge in [0.1, 0.15) is 18.1 Å². The van der Waals surface area contributed by atoms with Crippen molar-refractivity contribution in [1.29, 1.82) is 0 Å². The molecule has 2 aromatic rings. The number of carbonyl (C=O) groups excluding carboxylic acids is 1. The molecule has 0 N–H and O–H groups in total. The number of esters is 1. The van der Waals surface area contributed by atoms with Crippen molar-refractivity contribution < 1.29 is 37.3 Å². The first-order chi connectivity index (χ1) is 13.5. The van der Waals surface area contributed by atoms with E-state index in [0.29, 0.717) is 22.6 Å². The summed E-state index contributed by atoms with van der Waals surface area (Å²) in [6.07, 6.45) is 2.82. The molecule has 2 rings (SSSR count). The molecule has 0 radical (unpaired) electrons. The molecule has 0 amide bonds. The van der Waals surface area contributed by atoms with Gasteiger partial charge in [-0.2, -0.15) is 8.78 Å². The van der Waals surface area contributed by atoms with Gasteiger partial charge in [0.05, 0.1) is 21.3 Å². The van der Waals surface area contributed by atoms with E-state index in [0.717, 1.165) is 0 Å². The van der Waals surface area contributed by atoms with Crippen molar-refractivity contribution in [3.8, 4) is 23.0 Å². The Labute approximate surface area is 161 Å². The Morgan fingerprint density at radius 3 is 2.36 bits per heavy atom. The second-order valence-corrected chi connectivity index (χ2v) is 5.41. The number of rotatable bonds is 9. The van der Waals surface area contributed by atoms with Crippen LogP contribution in [0.5, 0.6) is 23.0 Å². The summed E-state index contributed by atoms with van der Waals surface area (Å²) in [5.41, 5.74) is 1.23. The molecule has 0 saturated heterocycles. The number of carbonyl (C=O) groups is 1. The van der Waals surface area contributed by atoms with E-state index in [9.17, 15) is 13.6 Å². The average Bonchev–Trinajstić information content (AvgIpc) is 2.70. The maximum Gasteiger partial charge on any atom is 0.387 e. The molecule has 0 unspecified atom stereocenters. The third-order valence-corrected chi connectivity index (χ3v) is 3.66. The van der Waals surface area contributed by atoms with E-state index >= 15 is 0 Å². The van der Waals surface area contributed by atoms with Gasteiger partial charge in [0.25, 0.3) is 0 Å². The molecule has 0 spiro atoms. The molecule has 28 heavy (non-hydrogen) atoms. The van der Waals surface area contributed by atoms with E-state index in [1.807, 2.05) is 0 Å². The molecule has 0 aliphatic heterocycles. The third-order valence-electron chi connectivity index (χ3n) is 3.66. The normalized spacial score (nSPS) is 10.8. The van der Waals surface area contributed by atoms with Crippen LogP contribution in [0.15, 0.2) is 42.5 Å². The zero-order valence-electron chi connectivity index (χ0n) is 15.6. The highest BCUT2D eigenvalue weighted by molar-refractivity contribution is 5.87. The van der Waals surface area contributed by atoms with Crippen molar-refractivity contribution in [3.05, 3.63) is 53.6 Å². The maximum absolute atomic E-state index is 12.3. The standard InChI is InChI=1S/C20H20F2O6/c1-24-15-7-5-14(17(11-15)25-2)6-9-19(23)27-12-13-4-8-16(28-20(21)22)18(10-13)26-3/h4-11,20H,12H2,1-3H3/b9-6+. The number of benzene rings is 2. The van der Waals surface area contributed by atoms with Crippen molar-refractivity contribution in [1.82, 2.24) is 0 Å². The number of methoxy groups -OCH3 is 3. The Morgan fingerprint density at radius 2 is 1.71 bits per heavy atom. The number of alkyl halides is 2. The summed E-state index contributed by atoms with van der Waals surface area (Å²) in [6, 6.07) is 9.47. The zero-order valence-corrected chi connectivity index (χ0v) is 15.6. The molecule has 0 fully saturated rings. The van der Waals surface area contributed by atoms with E-state index in [1.54, 1.807) is 31.4 Å². The van der Waals surface area contributed by atoms with Crippen LogP contribution in [-0.4, -0.2) is 33.9 Å². The molecule has 0 aliphatic carbocycles. The lowest BCUT2D eigenvalue weighted by Crippen LogP contribution is -2.05. The topological polar surface area (TPSA) is 63.2 Å². The van der Waals surface area contributed by atoms with Crippen LogP contribution in [-0.2, 0) is 16.1 Å². The summed E-state index contributed by atoms with van der Waals surface area (Å²) < 4.78 is 49.6. The number of hydrogen-bond acceptors (Lipinski definition) is 6. The Kier molecular flexibility index (Phi) is 7.62. The fraction of sp³-hybridized carbons (Fsp3) is 0.250. The highest BCUT2D eigenvalue weighted by atomic mass is 19.3. The van der Waals surface area contributed by atoms with Gasteiger partial charge in [-0.05, 0) is 35.9 Å². The Morgan fingerprint density at radius 1 is 0.964 bits per heavy atom. The van der Waals surface area contributed by atoms with E-state index in [4.69, 9.17) is 18.9 Å². The van der Waals surface area contributed by atoms with Crippen LogP contribution in [0.2, 0.25) is 0 Å². The minimum absolute atomic E-state index is 0.0613. The average molecular weight is 394 g/mol. The number of halogens is 2. The minimum atomic E-state index is -2.96. The van der Waals surface area contributed by atoms with Crippen LogP contribution < -0.4 is 18.9 Å². The van der Waals surface area contributed by atoms with Gasteiger partial charge in [-0.3, -0.25) is 0 Å². The number of ether oxygens (including phenoxy) is 5. The summed E-state index contributed by atoms with van der Waals surface area (Å²) in [4.78, 5) is 11.9. The van der Waals surface area contributed by atoms with Crippen LogP contribution in [0, 0.1) is 0 Å². The van der Waals surface area contributed by atoms with E-state index in [-0.39, 0.29) is 18.1 Å². The van der Waals surface area contributed by atoms with E-state index in [2.05, 4.69) is 4.74 Å². The van der Waals surface area contributed by atoms with Gasteiger partial charge in [-0.15, -0.1) is 0 Å². The summed E-state index contributed by atoms with van der Waals surface area (Å²) in [5.74, 6) is 0.615. The summed E-state index contributed by atoms with van der Waals surface area (Å²) in [6.45, 7) is -3.02. The van der Waals surface area contributed by atoms with Crippen molar-refractivity contribution in [3.63, 3.8) is 0 Å². The van der Waals surface area contributed by atoms with Gasteiger partial charge in [-0.25, -0.2) is 4.79 Å². The van der Waals surface area contributed by atoms with Crippen molar-refractivity contribution in [2.45, 2.75) is 13.2 Å². The summed E-state index contributed by atoms with van der Waals surface area (Å²) >= 11 is 0. The van der Waals surface area contributed by atoms with Gasteiger partial charge in [0, 0.05) is 17.7 Å². The van der Waals surface area contributed by atoms with Gasteiger partial charge in [0.15, 0.2) is 11.5 Å². The largest absolute Gasteiger partial charge is 0.497 e. The highest BCUT2D eigenvalue weighted by Gasteiger charge is 2.11. The minimum Gasteiger partial charge on any atom is -0.497 e. The Balaban J connectivity index is 1.99. The predicted octanol–water partition coefficient (Wildman–Crippen LogP) is 4.07. The fourth-order valence-corrected chi connectivity index (χ4v) is 2.31. The predicted molar refractivity (Wildman–Crippen MR) is 98.0 cm³/mol. The second kappa shape index (κ2) is 10.1. The van der Waals surface area contributed by atoms with Gasteiger partial charge in [0.2, 0.25) is 0 Å². The number of hydrogen-bond donors (Lipinski definition) is 0. The van der Waals surface area contributed by atoms with Crippen LogP contribution >= 0.6 is 0 Å². The molecule has 0 bridgehead atoms. The summed E-state index contributed by atoms with van der Waals surface area (Å²) in [7, 11) is 4.39. The van der Waals surface area contributed by atoms with Gasteiger partial charge < -0.3 is 23.7 Å². The zero-order chi connectivity index (χ0) is 20.5. The van der Waals surface area contributed by atoms with Gasteiger partial charge in [-0.1, -0.05) is 6.07 Å². The maximum atomic E-state index is 12.3. The first-order valence-corrected chi connectivity index (χ1v) is 8.15. The molecule has 0 aliphatic rings. The Bertz CT molecular complexity index is 835. The molecule has 0 heterocycles. The van der Waals surface area contributed by atoms with Crippen LogP contribution in [0.25, 0.3) is 6.08 Å². The lowest BCUT2D eigenvalue weighted by Gasteiger charge is -2.11. The van der Waals surface area contributed by atoms with Crippen LogP contribution in [0.1, 0.15) is 11.1 Å². The molecule has 0 atom stereocenters. The lowest BCUT2D eigenvalue weighted by molar-refractivity contribution is -0.138. The first-order valence-electron chi connectivity index (χ1n) is 8.15. The van der Waals surface area contributed by atoms with Crippen LogP contribution in [0.3, 0.4) is 0 Å².